The molecule has 1 amide bonds. The minimum absolute atomic E-state index is 0.0240. The monoisotopic (exact) mass is 389 g/mol. The summed E-state index contributed by atoms with van der Waals surface area (Å²) in [6, 6.07) is 9.65. The highest BCUT2D eigenvalue weighted by Crippen LogP contribution is 2.22. The van der Waals surface area contributed by atoms with Crippen LogP contribution < -0.4 is 0 Å². The van der Waals surface area contributed by atoms with Gasteiger partial charge in [-0.2, -0.15) is 11.8 Å². The molecule has 2 rings (SSSR count). The molecule has 1 N–H and O–H groups in total. The maximum absolute atomic E-state index is 12.4. The molecule has 0 radical (unpaired) electrons. The predicted molar refractivity (Wildman–Crippen MR) is 108 cm³/mol. The van der Waals surface area contributed by atoms with Crippen molar-refractivity contribution in [3.8, 4) is 0 Å². The lowest BCUT2D eigenvalue weighted by Crippen LogP contribution is -2.34. The van der Waals surface area contributed by atoms with Crippen LogP contribution in [0.25, 0.3) is 0 Å². The number of ketones is 1. The van der Waals surface area contributed by atoms with E-state index in [2.05, 4.69) is 0 Å². The maximum Gasteiger partial charge on any atom is 0.303 e. The van der Waals surface area contributed by atoms with Crippen molar-refractivity contribution < 1.29 is 19.5 Å². The Labute approximate surface area is 164 Å². The van der Waals surface area contributed by atoms with Gasteiger partial charge in [0.2, 0.25) is 5.91 Å². The van der Waals surface area contributed by atoms with Gasteiger partial charge in [0.1, 0.15) is 0 Å². The highest BCUT2D eigenvalue weighted by Gasteiger charge is 2.28. The highest BCUT2D eigenvalue weighted by atomic mass is 32.2. The number of benzene rings is 1. The van der Waals surface area contributed by atoms with Crippen molar-refractivity contribution in [3.63, 3.8) is 0 Å². The summed E-state index contributed by atoms with van der Waals surface area (Å²) < 4.78 is 0. The molecule has 0 aliphatic carbocycles. The van der Waals surface area contributed by atoms with Gasteiger partial charge in [-0.1, -0.05) is 43.3 Å². The molecule has 0 unspecified atom stereocenters. The van der Waals surface area contributed by atoms with Crippen LogP contribution in [-0.4, -0.2) is 51.8 Å². The number of likely N-dealkylation sites (tertiary alicyclic amines) is 1. The Balaban J connectivity index is 1.81. The standard InChI is InChI=1S/C21H27NO4S/c1-16(17-6-3-2-4-7-17)19(23)11-9-18-10-12-20(24)22(18)13-15-27-14-5-8-21(25)26/h2-4,6-7,9,11,16,18H,5,8,10,12-15H2,1H3,(H,25,26)/b11-9+/t16-,18+/m1/s1. The van der Waals surface area contributed by atoms with E-state index in [0.717, 1.165) is 23.5 Å². The number of carbonyl (C=O) groups excluding carboxylic acids is 2. The number of carboxylic acid groups (broad SMARTS) is 1. The molecule has 6 heteroatoms. The van der Waals surface area contributed by atoms with Crippen molar-refractivity contribution in [1.29, 1.82) is 0 Å². The second kappa shape index (κ2) is 10.9. The van der Waals surface area contributed by atoms with Gasteiger partial charge in [0.05, 0.1) is 6.04 Å². The first-order valence-corrected chi connectivity index (χ1v) is 10.5. The van der Waals surface area contributed by atoms with Gasteiger partial charge in [-0.3, -0.25) is 14.4 Å². The molecule has 1 saturated heterocycles. The van der Waals surface area contributed by atoms with Gasteiger partial charge in [-0.15, -0.1) is 0 Å². The minimum Gasteiger partial charge on any atom is -0.481 e. The third-order valence-corrected chi connectivity index (χ3v) is 5.79. The molecule has 0 saturated carbocycles. The number of allylic oxidation sites excluding steroid dienone is 1. The van der Waals surface area contributed by atoms with Gasteiger partial charge in [0.15, 0.2) is 5.78 Å². The fourth-order valence-electron chi connectivity index (χ4n) is 3.09. The molecular formula is C21H27NO4S. The Hall–Kier alpha value is -2.08. The molecule has 0 bridgehead atoms. The van der Waals surface area contributed by atoms with Crippen molar-refractivity contribution >= 4 is 29.4 Å². The summed E-state index contributed by atoms with van der Waals surface area (Å²) >= 11 is 1.66. The summed E-state index contributed by atoms with van der Waals surface area (Å²) in [6.07, 6.45) is 5.56. The summed E-state index contributed by atoms with van der Waals surface area (Å²) in [7, 11) is 0. The third kappa shape index (κ3) is 6.86. The Kier molecular flexibility index (Phi) is 8.58. The van der Waals surface area contributed by atoms with E-state index in [4.69, 9.17) is 5.11 Å². The number of amides is 1. The SMILES string of the molecule is C[C@@H](C(=O)/C=C/[C@H]1CCC(=O)N1CCSCCCC(=O)O)c1ccccc1. The lowest BCUT2D eigenvalue weighted by molar-refractivity contribution is -0.137. The Morgan fingerprint density at radius 1 is 1.30 bits per heavy atom. The van der Waals surface area contributed by atoms with Gasteiger partial charge >= 0.3 is 5.97 Å². The molecule has 1 heterocycles. The molecule has 5 nitrogen and oxygen atoms in total. The third-order valence-electron chi connectivity index (χ3n) is 4.74. The molecule has 1 aliphatic rings. The molecule has 0 spiro atoms. The Bertz CT molecular complexity index is 674. The fourth-order valence-corrected chi connectivity index (χ4v) is 3.97. The zero-order chi connectivity index (χ0) is 19.6. The van der Waals surface area contributed by atoms with Crippen LogP contribution in [0.1, 0.15) is 44.1 Å². The van der Waals surface area contributed by atoms with E-state index in [1.54, 1.807) is 17.8 Å². The lowest BCUT2D eigenvalue weighted by atomic mass is 9.96. The minimum atomic E-state index is -0.773. The fraction of sp³-hybridized carbons (Fsp3) is 0.476. The van der Waals surface area contributed by atoms with Crippen LogP contribution in [-0.2, 0) is 14.4 Å². The average Bonchev–Trinajstić information content (AvgIpc) is 3.02. The van der Waals surface area contributed by atoms with Gasteiger partial charge in [0.25, 0.3) is 0 Å². The van der Waals surface area contributed by atoms with Crippen LogP contribution in [0.5, 0.6) is 0 Å². The van der Waals surface area contributed by atoms with E-state index < -0.39 is 5.97 Å². The first-order chi connectivity index (χ1) is 13.0. The van der Waals surface area contributed by atoms with E-state index in [-0.39, 0.29) is 30.1 Å². The van der Waals surface area contributed by atoms with Crippen LogP contribution in [0.15, 0.2) is 42.5 Å². The topological polar surface area (TPSA) is 74.7 Å². The second-order valence-corrected chi connectivity index (χ2v) is 7.92. The first kappa shape index (κ1) is 21.2. The normalized spacial score (nSPS) is 18.2. The molecule has 0 aromatic heterocycles. The summed E-state index contributed by atoms with van der Waals surface area (Å²) in [4.78, 5) is 36.9. The van der Waals surface area contributed by atoms with E-state index in [0.29, 0.717) is 19.4 Å². The molecule has 146 valence electrons. The summed E-state index contributed by atoms with van der Waals surface area (Å²) in [6.45, 7) is 2.53. The molecule has 1 aliphatic heterocycles. The van der Waals surface area contributed by atoms with Crippen LogP contribution in [0.2, 0.25) is 0 Å². The summed E-state index contributed by atoms with van der Waals surface area (Å²) in [5, 5.41) is 8.63. The maximum atomic E-state index is 12.4. The quantitative estimate of drug-likeness (QED) is 0.463. The van der Waals surface area contributed by atoms with E-state index in [9.17, 15) is 14.4 Å². The largest absolute Gasteiger partial charge is 0.481 e. The Morgan fingerprint density at radius 2 is 2.04 bits per heavy atom. The van der Waals surface area contributed by atoms with Crippen LogP contribution in [0.3, 0.4) is 0 Å². The summed E-state index contributed by atoms with van der Waals surface area (Å²) in [5.74, 6) is 0.761. The zero-order valence-corrected chi connectivity index (χ0v) is 16.5. The first-order valence-electron chi connectivity index (χ1n) is 9.35. The van der Waals surface area contributed by atoms with Crippen LogP contribution >= 0.6 is 11.8 Å². The number of rotatable bonds is 11. The molecule has 1 aromatic carbocycles. The molecule has 1 fully saturated rings. The number of thioether (sulfide) groups is 1. The van der Waals surface area contributed by atoms with Crippen LogP contribution in [0, 0.1) is 0 Å². The van der Waals surface area contributed by atoms with Crippen molar-refractivity contribution in [2.24, 2.45) is 0 Å². The molecule has 2 atom stereocenters. The van der Waals surface area contributed by atoms with E-state index >= 15 is 0 Å². The Morgan fingerprint density at radius 3 is 2.74 bits per heavy atom. The van der Waals surface area contributed by atoms with E-state index in [1.165, 1.54) is 0 Å². The summed E-state index contributed by atoms with van der Waals surface area (Å²) in [5.41, 5.74) is 0.990. The number of hydrogen-bond donors (Lipinski definition) is 1. The highest BCUT2D eigenvalue weighted by molar-refractivity contribution is 7.99. The van der Waals surface area contributed by atoms with Crippen molar-refractivity contribution in [3.05, 3.63) is 48.0 Å². The van der Waals surface area contributed by atoms with Crippen molar-refractivity contribution in [2.75, 3.05) is 18.1 Å². The average molecular weight is 390 g/mol. The van der Waals surface area contributed by atoms with Crippen molar-refractivity contribution in [1.82, 2.24) is 4.90 Å². The number of carbonyl (C=O) groups is 3. The molecule has 1 aromatic rings. The zero-order valence-electron chi connectivity index (χ0n) is 15.7. The molecule has 27 heavy (non-hydrogen) atoms. The van der Waals surface area contributed by atoms with Gasteiger partial charge < -0.3 is 10.0 Å². The molecular weight excluding hydrogens is 362 g/mol. The number of carboxylic acids is 1. The second-order valence-electron chi connectivity index (χ2n) is 6.70. The smallest absolute Gasteiger partial charge is 0.303 e. The predicted octanol–water partition coefficient (Wildman–Crippen LogP) is 3.50. The van der Waals surface area contributed by atoms with Gasteiger partial charge in [-0.25, -0.2) is 0 Å². The number of aliphatic carboxylic acids is 1. The lowest BCUT2D eigenvalue weighted by Gasteiger charge is -2.22. The van der Waals surface area contributed by atoms with E-state index in [1.807, 2.05) is 48.2 Å². The number of nitrogens with zero attached hydrogens (tertiary/aromatic N) is 1. The van der Waals surface area contributed by atoms with Gasteiger partial charge in [-0.05, 0) is 30.2 Å². The number of hydrogen-bond acceptors (Lipinski definition) is 4. The van der Waals surface area contributed by atoms with Crippen LogP contribution in [0.4, 0.5) is 0 Å². The van der Waals surface area contributed by atoms with Gasteiger partial charge in [0, 0.05) is 31.1 Å². The van der Waals surface area contributed by atoms with Crippen molar-refractivity contribution in [2.45, 2.75) is 44.6 Å².